The van der Waals surface area contributed by atoms with Gasteiger partial charge in [-0.05, 0) is 12.3 Å². The molecule has 0 aromatic heterocycles. The molecule has 0 aromatic carbocycles. The lowest BCUT2D eigenvalue weighted by molar-refractivity contribution is -0.121. The van der Waals surface area contributed by atoms with Gasteiger partial charge in [0.1, 0.15) is 0 Å². The molecule has 0 unspecified atom stereocenters. The lowest BCUT2D eigenvalue weighted by Gasteiger charge is -2.06. The minimum Gasteiger partial charge on any atom is -0.396 e. The summed E-state index contributed by atoms with van der Waals surface area (Å²) in [7, 11) is 0. The van der Waals surface area contributed by atoms with Crippen LogP contribution in [0.2, 0.25) is 0 Å². The van der Waals surface area contributed by atoms with Gasteiger partial charge in [-0.25, -0.2) is 0 Å². The monoisotopic (exact) mass is 159 g/mol. The Kier molecular flexibility index (Phi) is 5.84. The van der Waals surface area contributed by atoms with Crippen molar-refractivity contribution in [2.75, 3.05) is 13.2 Å². The summed E-state index contributed by atoms with van der Waals surface area (Å²) < 4.78 is 0. The van der Waals surface area contributed by atoms with Crippen molar-refractivity contribution in [3.63, 3.8) is 0 Å². The molecule has 0 rings (SSSR count). The van der Waals surface area contributed by atoms with E-state index >= 15 is 0 Å². The van der Waals surface area contributed by atoms with Crippen LogP contribution in [-0.2, 0) is 4.79 Å². The fraction of sp³-hybridized carbons (Fsp3) is 0.875. The van der Waals surface area contributed by atoms with Crippen LogP contribution < -0.4 is 5.32 Å². The van der Waals surface area contributed by atoms with E-state index in [4.69, 9.17) is 5.11 Å². The van der Waals surface area contributed by atoms with Gasteiger partial charge in [-0.15, -0.1) is 0 Å². The van der Waals surface area contributed by atoms with E-state index in [0.29, 0.717) is 18.8 Å². The Hall–Kier alpha value is -0.570. The molecule has 3 heteroatoms. The molecule has 66 valence electrons. The van der Waals surface area contributed by atoms with Gasteiger partial charge in [0.2, 0.25) is 5.91 Å². The fourth-order valence-corrected chi connectivity index (χ4v) is 0.646. The summed E-state index contributed by atoms with van der Waals surface area (Å²) in [5.74, 6) is 0.529. The molecular weight excluding hydrogens is 142 g/mol. The van der Waals surface area contributed by atoms with Crippen molar-refractivity contribution in [1.29, 1.82) is 0 Å². The molecule has 11 heavy (non-hydrogen) atoms. The van der Waals surface area contributed by atoms with Crippen LogP contribution in [0.1, 0.15) is 26.7 Å². The summed E-state index contributed by atoms with van der Waals surface area (Å²) in [6, 6.07) is 0. The van der Waals surface area contributed by atoms with Crippen molar-refractivity contribution in [2.24, 2.45) is 5.92 Å². The van der Waals surface area contributed by atoms with Crippen molar-refractivity contribution in [2.45, 2.75) is 26.7 Å². The third-order valence-electron chi connectivity index (χ3n) is 1.27. The zero-order valence-electron chi connectivity index (χ0n) is 7.26. The van der Waals surface area contributed by atoms with E-state index in [9.17, 15) is 4.79 Å². The number of carbonyl (C=O) groups is 1. The van der Waals surface area contributed by atoms with Crippen LogP contribution in [0.3, 0.4) is 0 Å². The molecule has 0 aromatic rings. The molecule has 0 heterocycles. The number of nitrogens with one attached hydrogen (secondary N) is 1. The van der Waals surface area contributed by atoms with Gasteiger partial charge in [-0.2, -0.15) is 0 Å². The van der Waals surface area contributed by atoms with Crippen LogP contribution >= 0.6 is 0 Å². The lowest BCUT2D eigenvalue weighted by atomic mass is 10.2. The van der Waals surface area contributed by atoms with Gasteiger partial charge in [-0.3, -0.25) is 4.79 Å². The van der Waals surface area contributed by atoms with E-state index in [1.54, 1.807) is 0 Å². The van der Waals surface area contributed by atoms with Gasteiger partial charge in [0.15, 0.2) is 0 Å². The molecule has 1 amide bonds. The molecule has 0 bridgehead atoms. The van der Waals surface area contributed by atoms with Gasteiger partial charge in [0, 0.05) is 19.6 Å². The Morgan fingerprint density at radius 3 is 2.64 bits per heavy atom. The number of amides is 1. The third kappa shape index (κ3) is 7.33. The normalized spacial score (nSPS) is 10.2. The summed E-state index contributed by atoms with van der Waals surface area (Å²) in [6.07, 6.45) is 0.993. The molecule has 0 aliphatic rings. The summed E-state index contributed by atoms with van der Waals surface area (Å²) in [5.41, 5.74) is 0. The van der Waals surface area contributed by atoms with E-state index in [0.717, 1.165) is 6.54 Å². The van der Waals surface area contributed by atoms with Crippen molar-refractivity contribution < 1.29 is 9.90 Å². The Labute approximate surface area is 67.8 Å². The quantitative estimate of drug-likeness (QED) is 0.614. The second-order valence-corrected chi connectivity index (χ2v) is 3.03. The Balaban J connectivity index is 3.23. The van der Waals surface area contributed by atoms with Crippen molar-refractivity contribution in [1.82, 2.24) is 5.32 Å². The van der Waals surface area contributed by atoms with Crippen molar-refractivity contribution in [3.05, 3.63) is 0 Å². The number of hydrogen-bond acceptors (Lipinski definition) is 2. The predicted molar refractivity (Wildman–Crippen MR) is 44.2 cm³/mol. The lowest BCUT2D eigenvalue weighted by Crippen LogP contribution is -2.27. The van der Waals surface area contributed by atoms with Gasteiger partial charge < -0.3 is 10.4 Å². The van der Waals surface area contributed by atoms with Crippen molar-refractivity contribution >= 4 is 5.91 Å². The number of aliphatic hydroxyl groups excluding tert-OH is 1. The Morgan fingerprint density at radius 1 is 1.55 bits per heavy atom. The number of carbonyl (C=O) groups excluding carboxylic acids is 1. The first-order chi connectivity index (χ1) is 5.16. The average Bonchev–Trinajstić information content (AvgIpc) is 1.97. The van der Waals surface area contributed by atoms with Gasteiger partial charge in [0.05, 0.1) is 0 Å². The highest BCUT2D eigenvalue weighted by Gasteiger charge is 2.00. The molecule has 3 nitrogen and oxygen atoms in total. The average molecular weight is 159 g/mol. The maximum Gasteiger partial charge on any atom is 0.220 e. The SMILES string of the molecule is CC(C)CNC(=O)CCCO. The summed E-state index contributed by atoms with van der Waals surface area (Å²) in [6.45, 7) is 4.91. The molecule has 0 spiro atoms. The predicted octanol–water partition coefficient (Wildman–Crippen LogP) is 0.531. The molecule has 0 fully saturated rings. The molecule has 0 aliphatic heterocycles. The number of aliphatic hydroxyl groups is 1. The smallest absolute Gasteiger partial charge is 0.220 e. The topological polar surface area (TPSA) is 49.3 Å². The zero-order valence-corrected chi connectivity index (χ0v) is 7.26. The Bertz CT molecular complexity index is 113. The zero-order chi connectivity index (χ0) is 8.69. The van der Waals surface area contributed by atoms with Gasteiger partial charge in [0.25, 0.3) is 0 Å². The standard InChI is InChI=1S/C8H17NO2/c1-7(2)6-9-8(11)4-3-5-10/h7,10H,3-6H2,1-2H3,(H,9,11). The third-order valence-corrected chi connectivity index (χ3v) is 1.27. The highest BCUT2D eigenvalue weighted by molar-refractivity contribution is 5.75. The molecule has 0 saturated carbocycles. The van der Waals surface area contributed by atoms with E-state index < -0.39 is 0 Å². The van der Waals surface area contributed by atoms with E-state index in [2.05, 4.69) is 5.32 Å². The first-order valence-electron chi connectivity index (χ1n) is 4.04. The molecule has 0 saturated heterocycles. The van der Waals surface area contributed by atoms with E-state index in [1.165, 1.54) is 0 Å². The highest BCUT2D eigenvalue weighted by Crippen LogP contribution is 1.90. The van der Waals surface area contributed by atoms with Gasteiger partial charge >= 0.3 is 0 Å². The molecule has 0 atom stereocenters. The molecular formula is C8H17NO2. The minimum atomic E-state index is 0.0350. The summed E-state index contributed by atoms with van der Waals surface area (Å²) in [5, 5.41) is 11.2. The maximum atomic E-state index is 10.9. The molecule has 2 N–H and O–H groups in total. The second-order valence-electron chi connectivity index (χ2n) is 3.03. The van der Waals surface area contributed by atoms with Crippen LogP contribution in [0.5, 0.6) is 0 Å². The largest absolute Gasteiger partial charge is 0.396 e. The van der Waals surface area contributed by atoms with E-state index in [1.807, 2.05) is 13.8 Å². The Morgan fingerprint density at radius 2 is 2.18 bits per heavy atom. The van der Waals surface area contributed by atoms with E-state index in [-0.39, 0.29) is 12.5 Å². The summed E-state index contributed by atoms with van der Waals surface area (Å²) in [4.78, 5) is 10.9. The minimum absolute atomic E-state index is 0.0350. The van der Waals surface area contributed by atoms with Gasteiger partial charge in [-0.1, -0.05) is 13.8 Å². The second kappa shape index (κ2) is 6.16. The van der Waals surface area contributed by atoms with Crippen LogP contribution in [0.25, 0.3) is 0 Å². The van der Waals surface area contributed by atoms with Crippen LogP contribution in [0, 0.1) is 5.92 Å². The number of rotatable bonds is 5. The molecule has 0 radical (unpaired) electrons. The van der Waals surface area contributed by atoms with Crippen LogP contribution in [0.15, 0.2) is 0 Å². The van der Waals surface area contributed by atoms with Crippen LogP contribution in [-0.4, -0.2) is 24.2 Å². The highest BCUT2D eigenvalue weighted by atomic mass is 16.3. The first-order valence-corrected chi connectivity index (χ1v) is 4.04. The summed E-state index contributed by atoms with van der Waals surface area (Å²) >= 11 is 0. The number of hydrogen-bond donors (Lipinski definition) is 2. The van der Waals surface area contributed by atoms with Crippen molar-refractivity contribution in [3.8, 4) is 0 Å². The maximum absolute atomic E-state index is 10.9. The first kappa shape index (κ1) is 10.4. The fourth-order valence-electron chi connectivity index (χ4n) is 0.646. The molecule has 0 aliphatic carbocycles. The van der Waals surface area contributed by atoms with Crippen LogP contribution in [0.4, 0.5) is 0 Å².